The maximum absolute atomic E-state index is 12.1. The van der Waals surface area contributed by atoms with Gasteiger partial charge >= 0.3 is 5.97 Å². The van der Waals surface area contributed by atoms with Crippen molar-refractivity contribution < 1.29 is 14.5 Å². The number of carbonyl (C=O) groups excluding carboxylic acids is 1. The van der Waals surface area contributed by atoms with Gasteiger partial charge in [-0.05, 0) is 51.8 Å². The first-order valence-electron chi connectivity index (χ1n) is 8.04. The molecule has 23 heavy (non-hydrogen) atoms. The summed E-state index contributed by atoms with van der Waals surface area (Å²) in [6.45, 7) is 5.85. The van der Waals surface area contributed by atoms with E-state index in [0.717, 1.165) is 31.5 Å². The van der Waals surface area contributed by atoms with Crippen LogP contribution in [0.1, 0.15) is 38.7 Å². The summed E-state index contributed by atoms with van der Waals surface area (Å²) in [5.41, 5.74) is 0.351. The highest BCUT2D eigenvalue weighted by molar-refractivity contribution is 5.70. The van der Waals surface area contributed by atoms with Crippen molar-refractivity contribution in [2.24, 2.45) is 5.92 Å². The van der Waals surface area contributed by atoms with E-state index in [4.69, 9.17) is 4.74 Å². The number of non-ortho nitro benzene ring substituents is 1. The van der Waals surface area contributed by atoms with Gasteiger partial charge < -0.3 is 10.1 Å². The Morgan fingerprint density at radius 1 is 1.39 bits per heavy atom. The number of nitrogens with zero attached hydrogens (tertiary/aromatic N) is 1. The first kappa shape index (κ1) is 17.4. The lowest BCUT2D eigenvalue weighted by Crippen LogP contribution is -2.42. The third kappa shape index (κ3) is 5.03. The van der Waals surface area contributed by atoms with Gasteiger partial charge in [0.1, 0.15) is 5.60 Å². The number of nitro benzene ring substituents is 1. The average Bonchev–Trinajstić information content (AvgIpc) is 2.53. The van der Waals surface area contributed by atoms with E-state index >= 15 is 0 Å². The molecule has 6 nitrogen and oxygen atoms in total. The van der Waals surface area contributed by atoms with Gasteiger partial charge in [-0.25, -0.2) is 0 Å². The van der Waals surface area contributed by atoms with Gasteiger partial charge in [0.25, 0.3) is 5.69 Å². The number of nitro groups is 1. The van der Waals surface area contributed by atoms with Gasteiger partial charge in [-0.2, -0.15) is 0 Å². The Morgan fingerprint density at radius 3 is 2.74 bits per heavy atom. The molecule has 1 aliphatic rings. The lowest BCUT2D eigenvalue weighted by atomic mass is 9.83. The van der Waals surface area contributed by atoms with Crippen molar-refractivity contribution in [2.75, 3.05) is 13.1 Å². The molecular weight excluding hydrogens is 296 g/mol. The molecule has 0 spiro atoms. The zero-order valence-electron chi connectivity index (χ0n) is 13.7. The summed E-state index contributed by atoms with van der Waals surface area (Å²) < 4.78 is 5.68. The number of aryl methyl sites for hydroxylation is 1. The predicted octanol–water partition coefficient (Wildman–Crippen LogP) is 2.85. The van der Waals surface area contributed by atoms with E-state index in [1.807, 2.05) is 13.8 Å². The minimum absolute atomic E-state index is 0.0471. The molecule has 0 amide bonds. The summed E-state index contributed by atoms with van der Waals surface area (Å²) in [7, 11) is 0. The Morgan fingerprint density at radius 2 is 2.09 bits per heavy atom. The Hall–Kier alpha value is -1.95. The molecule has 0 radical (unpaired) electrons. The van der Waals surface area contributed by atoms with Gasteiger partial charge in [0.05, 0.1) is 4.92 Å². The number of nitrogens with one attached hydrogen (secondary N) is 1. The SMILES string of the molecule is CC(C)(OC(=O)CCc1cccc([N+](=O)[O-])c1)C1CCNCC1. The molecule has 0 bridgehead atoms. The van der Waals surface area contributed by atoms with Gasteiger partial charge in [0, 0.05) is 24.5 Å². The molecule has 1 saturated heterocycles. The average molecular weight is 320 g/mol. The molecule has 1 heterocycles. The highest BCUT2D eigenvalue weighted by Gasteiger charge is 2.33. The quantitative estimate of drug-likeness (QED) is 0.495. The third-order valence-corrected chi connectivity index (χ3v) is 4.44. The fourth-order valence-corrected chi connectivity index (χ4v) is 3.02. The fraction of sp³-hybridized carbons (Fsp3) is 0.588. The van der Waals surface area contributed by atoms with Crippen molar-refractivity contribution in [1.82, 2.24) is 5.32 Å². The Bertz CT molecular complexity index is 565. The van der Waals surface area contributed by atoms with E-state index < -0.39 is 10.5 Å². The highest BCUT2D eigenvalue weighted by atomic mass is 16.6. The van der Waals surface area contributed by atoms with Gasteiger partial charge in [-0.15, -0.1) is 0 Å². The molecule has 1 aromatic rings. The van der Waals surface area contributed by atoms with Crippen LogP contribution in [0.5, 0.6) is 0 Å². The van der Waals surface area contributed by atoms with E-state index in [0.29, 0.717) is 12.3 Å². The van der Waals surface area contributed by atoms with Crippen LogP contribution in [0, 0.1) is 16.0 Å². The van der Waals surface area contributed by atoms with Crippen LogP contribution in [0.3, 0.4) is 0 Å². The van der Waals surface area contributed by atoms with Crippen LogP contribution in [-0.2, 0) is 16.0 Å². The van der Waals surface area contributed by atoms with Crippen molar-refractivity contribution >= 4 is 11.7 Å². The molecule has 0 saturated carbocycles. The highest BCUT2D eigenvalue weighted by Crippen LogP contribution is 2.29. The van der Waals surface area contributed by atoms with Gasteiger partial charge in [-0.3, -0.25) is 14.9 Å². The van der Waals surface area contributed by atoms with Crippen LogP contribution in [0.15, 0.2) is 24.3 Å². The van der Waals surface area contributed by atoms with Crippen LogP contribution >= 0.6 is 0 Å². The van der Waals surface area contributed by atoms with Gasteiger partial charge in [0.15, 0.2) is 0 Å². The van der Waals surface area contributed by atoms with E-state index in [-0.39, 0.29) is 18.1 Å². The second kappa shape index (κ2) is 7.55. The molecule has 126 valence electrons. The first-order chi connectivity index (χ1) is 10.9. The molecule has 0 aromatic heterocycles. The van der Waals surface area contributed by atoms with Crippen LogP contribution in [0.25, 0.3) is 0 Å². The number of esters is 1. The summed E-state index contributed by atoms with van der Waals surface area (Å²) >= 11 is 0. The zero-order valence-corrected chi connectivity index (χ0v) is 13.7. The zero-order chi connectivity index (χ0) is 16.9. The summed E-state index contributed by atoms with van der Waals surface area (Å²) in [5.74, 6) is 0.116. The first-order valence-corrected chi connectivity index (χ1v) is 8.04. The van der Waals surface area contributed by atoms with Crippen LogP contribution in [-0.4, -0.2) is 29.6 Å². The third-order valence-electron chi connectivity index (χ3n) is 4.44. The van der Waals surface area contributed by atoms with Crippen molar-refractivity contribution in [3.05, 3.63) is 39.9 Å². The topological polar surface area (TPSA) is 81.5 Å². The second-order valence-corrected chi connectivity index (χ2v) is 6.53. The number of hydrogen-bond acceptors (Lipinski definition) is 5. The number of hydrogen-bond donors (Lipinski definition) is 1. The molecule has 0 unspecified atom stereocenters. The number of benzene rings is 1. The molecule has 1 fully saturated rings. The van der Waals surface area contributed by atoms with Crippen molar-refractivity contribution in [2.45, 2.75) is 45.1 Å². The molecule has 1 N–H and O–H groups in total. The van der Waals surface area contributed by atoms with Crippen molar-refractivity contribution in [1.29, 1.82) is 0 Å². The summed E-state index contributed by atoms with van der Waals surface area (Å²) in [6.07, 6.45) is 2.69. The Balaban J connectivity index is 1.87. The lowest BCUT2D eigenvalue weighted by Gasteiger charge is -2.36. The normalized spacial score (nSPS) is 16.1. The maximum Gasteiger partial charge on any atom is 0.306 e. The predicted molar refractivity (Wildman–Crippen MR) is 87.2 cm³/mol. The van der Waals surface area contributed by atoms with Crippen LogP contribution in [0.4, 0.5) is 5.69 Å². The van der Waals surface area contributed by atoms with Gasteiger partial charge in [0.2, 0.25) is 0 Å². The standard InChI is InChI=1S/C17H24N2O4/c1-17(2,14-8-10-18-11-9-14)23-16(20)7-6-13-4-3-5-15(12-13)19(21)22/h3-5,12,14,18H,6-11H2,1-2H3. The van der Waals surface area contributed by atoms with E-state index in [2.05, 4.69) is 5.32 Å². The smallest absolute Gasteiger partial charge is 0.306 e. The molecule has 2 rings (SSSR count). The number of rotatable bonds is 6. The molecule has 1 aliphatic heterocycles. The largest absolute Gasteiger partial charge is 0.459 e. The summed E-state index contributed by atoms with van der Waals surface area (Å²) in [5, 5.41) is 14.1. The fourth-order valence-electron chi connectivity index (χ4n) is 3.02. The monoisotopic (exact) mass is 320 g/mol. The number of ether oxygens (including phenoxy) is 1. The van der Waals surface area contributed by atoms with Gasteiger partial charge in [-0.1, -0.05) is 12.1 Å². The number of piperidine rings is 1. The summed E-state index contributed by atoms with van der Waals surface area (Å²) in [6, 6.07) is 6.38. The molecule has 0 aliphatic carbocycles. The van der Waals surface area contributed by atoms with Crippen molar-refractivity contribution in [3.8, 4) is 0 Å². The number of carbonyl (C=O) groups is 1. The molecule has 6 heteroatoms. The maximum atomic E-state index is 12.1. The Labute approximate surface area is 136 Å². The van der Waals surface area contributed by atoms with Crippen LogP contribution < -0.4 is 5.32 Å². The van der Waals surface area contributed by atoms with E-state index in [1.54, 1.807) is 12.1 Å². The lowest BCUT2D eigenvalue weighted by molar-refractivity contribution is -0.384. The second-order valence-electron chi connectivity index (χ2n) is 6.53. The Kier molecular flexibility index (Phi) is 5.71. The van der Waals surface area contributed by atoms with Crippen LogP contribution in [0.2, 0.25) is 0 Å². The van der Waals surface area contributed by atoms with Crippen molar-refractivity contribution in [3.63, 3.8) is 0 Å². The van der Waals surface area contributed by atoms with E-state index in [1.165, 1.54) is 12.1 Å². The molecular formula is C17H24N2O4. The summed E-state index contributed by atoms with van der Waals surface area (Å²) in [4.78, 5) is 22.5. The minimum Gasteiger partial charge on any atom is -0.459 e. The molecule has 0 atom stereocenters. The minimum atomic E-state index is -0.470. The molecule has 1 aromatic carbocycles. The van der Waals surface area contributed by atoms with E-state index in [9.17, 15) is 14.9 Å².